The van der Waals surface area contributed by atoms with Crippen LogP contribution in [0.3, 0.4) is 0 Å². The molecule has 1 aromatic rings. The maximum absolute atomic E-state index is 11.7. The van der Waals surface area contributed by atoms with Crippen LogP contribution in [0.1, 0.15) is 11.1 Å². The molecular weight excluding hydrogens is 456 g/mol. The van der Waals surface area contributed by atoms with Gasteiger partial charge in [-0.2, -0.15) is 0 Å². The summed E-state index contributed by atoms with van der Waals surface area (Å²) in [6, 6.07) is 7.74. The van der Waals surface area contributed by atoms with Gasteiger partial charge in [0.05, 0.1) is 26.2 Å². The molecule has 0 saturated carbocycles. The van der Waals surface area contributed by atoms with E-state index in [-0.39, 0.29) is 32.2 Å². The van der Waals surface area contributed by atoms with Crippen molar-refractivity contribution in [2.75, 3.05) is 72.0 Å². The number of nitrogens with zero attached hydrogens (tertiary/aromatic N) is 4. The molecule has 11 heteroatoms. The number of rotatable bonds is 10. The summed E-state index contributed by atoms with van der Waals surface area (Å²) in [5.74, 6) is -2.96. The predicted octanol–water partition coefficient (Wildman–Crippen LogP) is -0.420. The maximum atomic E-state index is 11.7. The van der Waals surface area contributed by atoms with E-state index in [9.17, 15) is 34.5 Å². The second kappa shape index (κ2) is 14.5. The number of carbonyl (C=O) groups excluding carboxylic acids is 1. The van der Waals surface area contributed by atoms with Gasteiger partial charge in [-0.1, -0.05) is 29.8 Å². The number of aliphatic carboxylic acids is 3. The molecule has 0 radical (unpaired) electrons. The maximum Gasteiger partial charge on any atom is 0.317 e. The third kappa shape index (κ3) is 11.0. The average Bonchev–Trinajstić information content (AvgIpc) is 2.77. The number of benzene rings is 1. The Bertz CT molecular complexity index is 849. The van der Waals surface area contributed by atoms with Crippen LogP contribution in [0.5, 0.6) is 0 Å². The number of carboxylic acids is 3. The van der Waals surface area contributed by atoms with Gasteiger partial charge in [-0.25, -0.2) is 0 Å². The van der Waals surface area contributed by atoms with E-state index in [4.69, 9.17) is 0 Å². The van der Waals surface area contributed by atoms with Gasteiger partial charge in [0.2, 0.25) is 0 Å². The molecular formula is C24H36N4O7. The smallest absolute Gasteiger partial charge is 0.317 e. The molecule has 0 bridgehead atoms. The zero-order chi connectivity index (χ0) is 25.8. The first-order valence-electron chi connectivity index (χ1n) is 11.7. The third-order valence-electron chi connectivity index (χ3n) is 6.13. The van der Waals surface area contributed by atoms with Crippen LogP contribution < -0.4 is 0 Å². The predicted molar refractivity (Wildman–Crippen MR) is 129 cm³/mol. The van der Waals surface area contributed by atoms with Crippen molar-refractivity contribution in [3.05, 3.63) is 35.4 Å². The first-order chi connectivity index (χ1) is 16.7. The van der Waals surface area contributed by atoms with Crippen LogP contribution in [0.4, 0.5) is 0 Å². The molecule has 194 valence electrons. The van der Waals surface area contributed by atoms with Crippen LogP contribution in [0.15, 0.2) is 24.3 Å². The van der Waals surface area contributed by atoms with E-state index in [1.807, 2.05) is 41.0 Å². The number of carboxylic acid groups (broad SMARTS) is 3. The van der Waals surface area contributed by atoms with Gasteiger partial charge in [-0.05, 0) is 18.9 Å². The van der Waals surface area contributed by atoms with E-state index in [0.29, 0.717) is 52.2 Å². The van der Waals surface area contributed by atoms with Crippen LogP contribution in [-0.4, -0.2) is 137 Å². The largest absolute Gasteiger partial charge is 0.480 e. The molecule has 2 rings (SSSR count). The molecule has 1 aromatic carbocycles. The lowest BCUT2D eigenvalue weighted by molar-refractivity contribution is -0.141. The van der Waals surface area contributed by atoms with Crippen molar-refractivity contribution < 1.29 is 34.5 Å². The van der Waals surface area contributed by atoms with Crippen molar-refractivity contribution in [3.63, 3.8) is 0 Å². The van der Waals surface area contributed by atoms with Gasteiger partial charge < -0.3 is 20.1 Å². The summed E-state index contributed by atoms with van der Waals surface area (Å²) in [5, 5.41) is 28.2. The number of aryl methyl sites for hydroxylation is 1. The normalized spacial score (nSPS) is 20.0. The monoisotopic (exact) mass is 492 g/mol. The Morgan fingerprint density at radius 1 is 0.800 bits per heavy atom. The summed E-state index contributed by atoms with van der Waals surface area (Å²) in [5.41, 5.74) is 2.14. The molecule has 1 fully saturated rings. The quantitative estimate of drug-likeness (QED) is 0.367. The van der Waals surface area contributed by atoms with Gasteiger partial charge in [0.25, 0.3) is 0 Å². The van der Waals surface area contributed by atoms with Crippen molar-refractivity contribution >= 4 is 24.2 Å². The fraction of sp³-hybridized carbons (Fsp3) is 0.583. The Kier molecular flexibility index (Phi) is 11.8. The third-order valence-corrected chi connectivity index (χ3v) is 6.13. The molecule has 0 aromatic heterocycles. The molecule has 11 nitrogen and oxygen atoms in total. The lowest BCUT2D eigenvalue weighted by Crippen LogP contribution is -2.53. The minimum atomic E-state index is -1.000. The molecule has 0 aliphatic carbocycles. The van der Waals surface area contributed by atoms with Crippen LogP contribution in [-0.2, 0) is 25.6 Å². The van der Waals surface area contributed by atoms with Crippen LogP contribution >= 0.6 is 0 Å². The van der Waals surface area contributed by atoms with Crippen molar-refractivity contribution in [2.45, 2.75) is 19.4 Å². The molecule has 3 N–H and O–H groups in total. The molecule has 1 atom stereocenters. The topological polar surface area (TPSA) is 142 Å². The molecule has 0 spiro atoms. The van der Waals surface area contributed by atoms with Gasteiger partial charge >= 0.3 is 17.9 Å². The van der Waals surface area contributed by atoms with Crippen LogP contribution in [0.25, 0.3) is 0 Å². The number of aldehydes is 1. The summed E-state index contributed by atoms with van der Waals surface area (Å²) in [6.45, 7) is 4.07. The number of hydrogen-bond acceptors (Lipinski definition) is 8. The zero-order valence-corrected chi connectivity index (χ0v) is 20.2. The Morgan fingerprint density at radius 3 is 1.77 bits per heavy atom. The summed E-state index contributed by atoms with van der Waals surface area (Å²) < 4.78 is 0. The molecule has 1 unspecified atom stereocenters. The Balaban J connectivity index is 2.35. The van der Waals surface area contributed by atoms with E-state index in [0.717, 1.165) is 17.4 Å². The van der Waals surface area contributed by atoms with E-state index < -0.39 is 17.9 Å². The standard InChI is InChI=1S/C24H36N4O7/c1-19-2-4-20(5-3-19)14-21-15-27(12-13-29)9-8-25(16-22(30)31)6-7-26(17-23(32)33)10-11-28(21)18-24(34)35/h2-5,13,21H,6-12,14-18H2,1H3,(H,30,31)(H,32,33)(H,34,35). The Morgan fingerprint density at radius 2 is 1.29 bits per heavy atom. The SMILES string of the molecule is Cc1ccc(CC2CN(CC=O)CCN(CC(=O)O)CCN(CC(=O)O)CCN2CC(=O)O)cc1. The summed E-state index contributed by atoms with van der Waals surface area (Å²) in [4.78, 5) is 53.1. The lowest BCUT2D eigenvalue weighted by atomic mass is 10.0. The molecule has 1 saturated heterocycles. The van der Waals surface area contributed by atoms with E-state index >= 15 is 0 Å². The number of carbonyl (C=O) groups is 4. The van der Waals surface area contributed by atoms with Crippen molar-refractivity contribution in [3.8, 4) is 0 Å². The van der Waals surface area contributed by atoms with Crippen molar-refractivity contribution in [1.29, 1.82) is 0 Å². The van der Waals surface area contributed by atoms with E-state index in [1.165, 1.54) is 0 Å². The fourth-order valence-corrected chi connectivity index (χ4v) is 4.29. The van der Waals surface area contributed by atoms with Crippen molar-refractivity contribution in [2.24, 2.45) is 0 Å². The van der Waals surface area contributed by atoms with Crippen LogP contribution in [0, 0.1) is 6.92 Å². The van der Waals surface area contributed by atoms with Gasteiger partial charge in [0.1, 0.15) is 6.29 Å². The highest BCUT2D eigenvalue weighted by Crippen LogP contribution is 2.14. The minimum absolute atomic E-state index is 0.150. The highest BCUT2D eigenvalue weighted by atomic mass is 16.4. The second-order valence-electron chi connectivity index (χ2n) is 8.97. The molecule has 35 heavy (non-hydrogen) atoms. The van der Waals surface area contributed by atoms with Gasteiger partial charge in [-0.15, -0.1) is 0 Å². The van der Waals surface area contributed by atoms with Crippen LogP contribution in [0.2, 0.25) is 0 Å². The summed E-state index contributed by atoms with van der Waals surface area (Å²) in [7, 11) is 0. The first-order valence-corrected chi connectivity index (χ1v) is 11.7. The molecule has 1 aliphatic heterocycles. The fourth-order valence-electron chi connectivity index (χ4n) is 4.29. The second-order valence-corrected chi connectivity index (χ2v) is 8.97. The van der Waals surface area contributed by atoms with Gasteiger partial charge in [0.15, 0.2) is 0 Å². The van der Waals surface area contributed by atoms with Gasteiger partial charge in [0, 0.05) is 51.9 Å². The summed E-state index contributed by atoms with van der Waals surface area (Å²) >= 11 is 0. The molecule has 1 heterocycles. The number of hydrogen-bond donors (Lipinski definition) is 3. The van der Waals surface area contributed by atoms with Gasteiger partial charge in [-0.3, -0.25) is 34.0 Å². The van der Waals surface area contributed by atoms with E-state index in [1.54, 1.807) is 9.80 Å². The summed E-state index contributed by atoms with van der Waals surface area (Å²) in [6.07, 6.45) is 1.35. The molecule has 1 aliphatic rings. The van der Waals surface area contributed by atoms with E-state index in [2.05, 4.69) is 0 Å². The minimum Gasteiger partial charge on any atom is -0.480 e. The average molecular weight is 493 g/mol. The van der Waals surface area contributed by atoms with Crippen molar-refractivity contribution in [1.82, 2.24) is 19.6 Å². The highest BCUT2D eigenvalue weighted by molar-refractivity contribution is 5.70. The molecule has 0 amide bonds. The Hall–Kier alpha value is -2.86. The zero-order valence-electron chi connectivity index (χ0n) is 20.2. The lowest BCUT2D eigenvalue weighted by Gasteiger charge is -2.37. The first kappa shape index (κ1) is 28.4. The highest BCUT2D eigenvalue weighted by Gasteiger charge is 2.26. The Labute approximate surface area is 205 Å².